The summed E-state index contributed by atoms with van der Waals surface area (Å²) in [4.78, 5) is 52.9. The van der Waals surface area contributed by atoms with E-state index in [0.29, 0.717) is 12.0 Å². The number of amides is 3. The number of ether oxygens (including phenoxy) is 2. The lowest BCUT2D eigenvalue weighted by Gasteiger charge is -2.35. The average Bonchev–Trinajstić information content (AvgIpc) is 2.77. The van der Waals surface area contributed by atoms with Crippen LogP contribution in [0.1, 0.15) is 70.2 Å². The molecule has 0 aromatic heterocycles. The fourth-order valence-corrected chi connectivity index (χ4v) is 4.00. The molecule has 0 heterocycles. The number of hydrogen-bond donors (Lipinski definition) is 3. The predicted molar refractivity (Wildman–Crippen MR) is 142 cm³/mol. The maximum atomic E-state index is 13.7. The highest BCUT2D eigenvalue weighted by Gasteiger charge is 2.36. The van der Waals surface area contributed by atoms with Gasteiger partial charge in [0.05, 0.1) is 13.0 Å². The first-order valence-corrected chi connectivity index (χ1v) is 12.9. The summed E-state index contributed by atoms with van der Waals surface area (Å²) in [5.41, 5.74) is 1.65. The zero-order valence-electron chi connectivity index (χ0n) is 22.5. The second-order valence-corrected chi connectivity index (χ2v) is 9.83. The van der Waals surface area contributed by atoms with Crippen molar-refractivity contribution >= 4 is 36.5 Å². The monoisotopic (exact) mass is 523 g/mol. The van der Waals surface area contributed by atoms with Crippen LogP contribution in [0.25, 0.3) is 0 Å². The molecule has 0 spiro atoms. The topological polar surface area (TPSA) is 114 Å². The Morgan fingerprint density at radius 2 is 1.69 bits per heavy atom. The third-order valence-electron chi connectivity index (χ3n) is 5.23. The standard InChI is InChI=1S/C26H41N3O6S/c1-8-15-29(24(32)19(16-36)28-25(33)35-26(5,6)7)22(21-17(3)11-10-12-18(21)4)23(31)27-14-13-20(30)34-9-2/h10-12,19,22,36H,8-9,13-16H2,1-7H3,(H,27,31)(H,28,33). The Kier molecular flexibility index (Phi) is 12.8. The number of nitrogens with one attached hydrogen (secondary N) is 2. The van der Waals surface area contributed by atoms with E-state index in [1.54, 1.807) is 27.7 Å². The molecular formula is C26H41N3O6S. The van der Waals surface area contributed by atoms with E-state index in [0.717, 1.165) is 11.1 Å². The maximum absolute atomic E-state index is 13.7. The Labute approximate surface area is 220 Å². The molecule has 1 aromatic rings. The fourth-order valence-electron chi connectivity index (χ4n) is 3.75. The van der Waals surface area contributed by atoms with Crippen molar-refractivity contribution in [3.05, 3.63) is 34.9 Å². The summed E-state index contributed by atoms with van der Waals surface area (Å²) in [5, 5.41) is 5.37. The van der Waals surface area contributed by atoms with Gasteiger partial charge in [-0.15, -0.1) is 0 Å². The van der Waals surface area contributed by atoms with Crippen LogP contribution in [0.2, 0.25) is 0 Å². The molecule has 1 aromatic carbocycles. The van der Waals surface area contributed by atoms with Crippen molar-refractivity contribution in [2.45, 2.75) is 79.0 Å². The normalized spacial score (nSPS) is 12.8. The van der Waals surface area contributed by atoms with Gasteiger partial charge >= 0.3 is 12.1 Å². The predicted octanol–water partition coefficient (Wildman–Crippen LogP) is 3.48. The highest BCUT2D eigenvalue weighted by atomic mass is 32.1. The van der Waals surface area contributed by atoms with Crippen molar-refractivity contribution in [3.8, 4) is 0 Å². The van der Waals surface area contributed by atoms with E-state index in [9.17, 15) is 19.2 Å². The molecule has 0 aliphatic heterocycles. The highest BCUT2D eigenvalue weighted by Crippen LogP contribution is 2.29. The molecule has 2 N–H and O–H groups in total. The molecule has 0 aliphatic carbocycles. The van der Waals surface area contributed by atoms with E-state index in [2.05, 4.69) is 23.3 Å². The molecule has 9 nitrogen and oxygen atoms in total. The molecule has 0 radical (unpaired) electrons. The van der Waals surface area contributed by atoms with Gasteiger partial charge in [-0.25, -0.2) is 4.79 Å². The largest absolute Gasteiger partial charge is 0.466 e. The summed E-state index contributed by atoms with van der Waals surface area (Å²) < 4.78 is 10.2. The van der Waals surface area contributed by atoms with Crippen LogP contribution >= 0.6 is 12.6 Å². The number of thiol groups is 1. The van der Waals surface area contributed by atoms with Gasteiger partial charge in [0.15, 0.2) is 0 Å². The van der Waals surface area contributed by atoms with Crippen molar-refractivity contribution in [2.24, 2.45) is 0 Å². The third-order valence-corrected chi connectivity index (χ3v) is 5.59. The first-order chi connectivity index (χ1) is 16.9. The third kappa shape index (κ3) is 9.72. The van der Waals surface area contributed by atoms with Gasteiger partial charge in [0.2, 0.25) is 11.8 Å². The smallest absolute Gasteiger partial charge is 0.408 e. The van der Waals surface area contributed by atoms with Gasteiger partial charge in [-0.3, -0.25) is 14.4 Å². The maximum Gasteiger partial charge on any atom is 0.408 e. The van der Waals surface area contributed by atoms with Gasteiger partial charge in [-0.1, -0.05) is 25.1 Å². The van der Waals surface area contributed by atoms with Crippen LogP contribution in [0.5, 0.6) is 0 Å². The second-order valence-electron chi connectivity index (χ2n) is 9.47. The Morgan fingerprint density at radius 1 is 1.08 bits per heavy atom. The van der Waals surface area contributed by atoms with Crippen LogP contribution in [-0.4, -0.2) is 65.9 Å². The zero-order valence-corrected chi connectivity index (χ0v) is 23.4. The minimum atomic E-state index is -1.01. The summed E-state index contributed by atoms with van der Waals surface area (Å²) in [6, 6.07) is 3.67. The van der Waals surface area contributed by atoms with Crippen molar-refractivity contribution in [2.75, 3.05) is 25.4 Å². The second kappa shape index (κ2) is 14.7. The van der Waals surface area contributed by atoms with Crippen LogP contribution in [0.15, 0.2) is 18.2 Å². The number of carbonyl (C=O) groups excluding carboxylic acids is 4. The summed E-state index contributed by atoms with van der Waals surface area (Å²) >= 11 is 4.28. The van der Waals surface area contributed by atoms with E-state index >= 15 is 0 Å². The lowest BCUT2D eigenvalue weighted by atomic mass is 9.93. The van der Waals surface area contributed by atoms with Gasteiger partial charge < -0.3 is 25.0 Å². The summed E-state index contributed by atoms with van der Waals surface area (Å²) in [6.07, 6.45) is -0.149. The van der Waals surface area contributed by atoms with Gasteiger partial charge in [0.25, 0.3) is 0 Å². The molecule has 0 saturated heterocycles. The molecule has 2 atom stereocenters. The first kappa shape index (κ1) is 31.3. The number of nitrogens with zero attached hydrogens (tertiary/aromatic N) is 1. The van der Waals surface area contributed by atoms with Crippen molar-refractivity contribution in [3.63, 3.8) is 0 Å². The fraction of sp³-hybridized carbons (Fsp3) is 0.615. The average molecular weight is 524 g/mol. The van der Waals surface area contributed by atoms with Crippen LogP contribution < -0.4 is 10.6 Å². The summed E-state index contributed by atoms with van der Waals surface area (Å²) in [7, 11) is 0. The van der Waals surface area contributed by atoms with E-state index in [1.165, 1.54) is 4.90 Å². The van der Waals surface area contributed by atoms with Crippen molar-refractivity contribution in [1.29, 1.82) is 0 Å². The molecule has 36 heavy (non-hydrogen) atoms. The van der Waals surface area contributed by atoms with E-state index in [4.69, 9.17) is 9.47 Å². The first-order valence-electron chi connectivity index (χ1n) is 12.3. The molecule has 1 rings (SSSR count). The molecule has 0 saturated carbocycles. The molecular weight excluding hydrogens is 482 g/mol. The van der Waals surface area contributed by atoms with Crippen molar-refractivity contribution < 1.29 is 28.7 Å². The number of benzene rings is 1. The number of esters is 1. The minimum Gasteiger partial charge on any atom is -0.466 e. The summed E-state index contributed by atoms with van der Waals surface area (Å²) in [5.74, 6) is -1.28. The number of aryl methyl sites for hydroxylation is 2. The Balaban J connectivity index is 3.34. The van der Waals surface area contributed by atoms with Crippen LogP contribution in [0.3, 0.4) is 0 Å². The lowest BCUT2D eigenvalue weighted by Crippen LogP contribution is -2.54. The van der Waals surface area contributed by atoms with Gasteiger partial charge in [-0.2, -0.15) is 12.6 Å². The number of hydrogen-bond acceptors (Lipinski definition) is 7. The van der Waals surface area contributed by atoms with Crippen LogP contribution in [0.4, 0.5) is 4.79 Å². The Morgan fingerprint density at radius 3 is 2.19 bits per heavy atom. The quantitative estimate of drug-likeness (QED) is 0.286. The summed E-state index contributed by atoms with van der Waals surface area (Å²) in [6.45, 7) is 13.1. The Bertz CT molecular complexity index is 895. The highest BCUT2D eigenvalue weighted by molar-refractivity contribution is 7.80. The molecule has 0 aliphatic rings. The van der Waals surface area contributed by atoms with Gasteiger partial charge in [0.1, 0.15) is 17.7 Å². The van der Waals surface area contributed by atoms with Crippen LogP contribution in [-0.2, 0) is 23.9 Å². The molecule has 2 unspecified atom stereocenters. The minimum absolute atomic E-state index is 0.0141. The Hall–Kier alpha value is -2.75. The molecule has 202 valence electrons. The lowest BCUT2D eigenvalue weighted by molar-refractivity contribution is -0.144. The number of alkyl carbamates (subject to hydrolysis) is 1. The molecule has 10 heteroatoms. The van der Waals surface area contributed by atoms with Crippen LogP contribution in [0, 0.1) is 13.8 Å². The molecule has 0 bridgehead atoms. The molecule has 3 amide bonds. The van der Waals surface area contributed by atoms with E-state index in [1.807, 2.05) is 39.0 Å². The van der Waals surface area contributed by atoms with E-state index < -0.39 is 41.6 Å². The van der Waals surface area contributed by atoms with Gasteiger partial charge in [-0.05, 0) is 64.7 Å². The molecule has 0 fully saturated rings. The van der Waals surface area contributed by atoms with Gasteiger partial charge in [0, 0.05) is 18.8 Å². The van der Waals surface area contributed by atoms with E-state index in [-0.39, 0.29) is 31.9 Å². The SMILES string of the molecule is CCCN(C(=O)C(CS)NC(=O)OC(C)(C)C)C(C(=O)NCCC(=O)OCC)c1c(C)cccc1C. The number of rotatable bonds is 12. The van der Waals surface area contributed by atoms with Crippen molar-refractivity contribution in [1.82, 2.24) is 15.5 Å². The zero-order chi connectivity index (χ0) is 27.5. The number of carbonyl (C=O) groups is 4.